The first-order chi connectivity index (χ1) is 8.41. The van der Waals surface area contributed by atoms with Crippen LogP contribution in [-0.4, -0.2) is 23.5 Å². The highest BCUT2D eigenvalue weighted by Gasteiger charge is 2.12. The molecule has 0 saturated carbocycles. The molecule has 0 aromatic heterocycles. The lowest BCUT2D eigenvalue weighted by atomic mass is 10.2. The predicted molar refractivity (Wildman–Crippen MR) is 76.1 cm³/mol. The molecule has 1 aromatic carbocycles. The second kappa shape index (κ2) is 6.56. The lowest BCUT2D eigenvalue weighted by Gasteiger charge is -2.13. The van der Waals surface area contributed by atoms with Crippen LogP contribution >= 0.6 is 23.8 Å². The van der Waals surface area contributed by atoms with Gasteiger partial charge in [-0.3, -0.25) is 4.79 Å². The highest BCUT2D eigenvalue weighted by molar-refractivity contribution is 7.80. The van der Waals surface area contributed by atoms with E-state index in [2.05, 4.69) is 5.32 Å². The molecule has 1 rings (SSSR count). The molecule has 4 nitrogen and oxygen atoms in total. The van der Waals surface area contributed by atoms with E-state index >= 15 is 0 Å². The number of nitrogens with one attached hydrogen (secondary N) is 1. The van der Waals surface area contributed by atoms with Crippen molar-refractivity contribution >= 4 is 34.7 Å². The largest absolute Gasteiger partial charge is 0.483 e. The van der Waals surface area contributed by atoms with Gasteiger partial charge in [-0.2, -0.15) is 0 Å². The molecule has 0 atom stereocenters. The van der Waals surface area contributed by atoms with Gasteiger partial charge in [-0.05, 0) is 26.0 Å². The third-order valence-electron chi connectivity index (χ3n) is 2.03. The van der Waals surface area contributed by atoms with Gasteiger partial charge in [-0.25, -0.2) is 0 Å². The van der Waals surface area contributed by atoms with Crippen LogP contribution in [0.3, 0.4) is 0 Å². The minimum absolute atomic E-state index is 0.0653. The van der Waals surface area contributed by atoms with Crippen LogP contribution in [0.2, 0.25) is 5.02 Å². The molecule has 98 valence electrons. The van der Waals surface area contributed by atoms with Crippen LogP contribution < -0.4 is 15.8 Å². The number of hydrogen-bond acceptors (Lipinski definition) is 3. The van der Waals surface area contributed by atoms with Crippen LogP contribution in [0.1, 0.15) is 19.4 Å². The number of hydrogen-bond donors (Lipinski definition) is 2. The van der Waals surface area contributed by atoms with Crippen molar-refractivity contribution in [2.45, 2.75) is 19.9 Å². The summed E-state index contributed by atoms with van der Waals surface area (Å²) in [4.78, 5) is 11.6. The van der Waals surface area contributed by atoms with Crippen molar-refractivity contribution in [1.82, 2.24) is 5.32 Å². The SMILES string of the molecule is CC(C)NC(=O)COc1cccc(Cl)c1C(N)=S. The second-order valence-electron chi connectivity index (χ2n) is 3.99. The maximum Gasteiger partial charge on any atom is 0.258 e. The molecule has 18 heavy (non-hydrogen) atoms. The monoisotopic (exact) mass is 286 g/mol. The standard InChI is InChI=1S/C12H15ClN2O2S/c1-7(2)15-10(16)6-17-9-5-3-4-8(13)11(9)12(14)18/h3-5,7H,6H2,1-2H3,(H2,14,18)(H,15,16). The van der Waals surface area contributed by atoms with E-state index in [0.29, 0.717) is 16.3 Å². The number of rotatable bonds is 5. The average molecular weight is 287 g/mol. The van der Waals surface area contributed by atoms with Crippen LogP contribution in [-0.2, 0) is 4.79 Å². The van der Waals surface area contributed by atoms with E-state index in [1.165, 1.54) is 0 Å². The van der Waals surface area contributed by atoms with Gasteiger partial charge < -0.3 is 15.8 Å². The van der Waals surface area contributed by atoms with Crippen molar-refractivity contribution in [3.63, 3.8) is 0 Å². The average Bonchev–Trinajstić information content (AvgIpc) is 2.24. The van der Waals surface area contributed by atoms with Crippen LogP contribution in [0.25, 0.3) is 0 Å². The number of benzene rings is 1. The minimum atomic E-state index is -0.209. The van der Waals surface area contributed by atoms with E-state index < -0.39 is 0 Å². The summed E-state index contributed by atoms with van der Waals surface area (Å²) < 4.78 is 5.38. The Bertz CT molecular complexity index is 463. The van der Waals surface area contributed by atoms with Crippen molar-refractivity contribution in [1.29, 1.82) is 0 Å². The fourth-order valence-corrected chi connectivity index (χ4v) is 1.90. The molecule has 0 aliphatic rings. The first kappa shape index (κ1) is 14.7. The summed E-state index contributed by atoms with van der Waals surface area (Å²) in [5.74, 6) is 0.202. The fourth-order valence-electron chi connectivity index (χ4n) is 1.37. The lowest BCUT2D eigenvalue weighted by Crippen LogP contribution is -2.34. The number of carbonyl (C=O) groups excluding carboxylic acids is 1. The zero-order valence-electron chi connectivity index (χ0n) is 10.2. The van der Waals surface area contributed by atoms with Crippen LogP contribution in [0.15, 0.2) is 18.2 Å². The second-order valence-corrected chi connectivity index (χ2v) is 4.84. The summed E-state index contributed by atoms with van der Waals surface area (Å²) in [6, 6.07) is 5.11. The molecule has 0 saturated heterocycles. The normalized spacial score (nSPS) is 10.2. The van der Waals surface area contributed by atoms with Gasteiger partial charge in [0.2, 0.25) is 0 Å². The Hall–Kier alpha value is -1.33. The van der Waals surface area contributed by atoms with Gasteiger partial charge >= 0.3 is 0 Å². The summed E-state index contributed by atoms with van der Waals surface area (Å²) >= 11 is 10.9. The topological polar surface area (TPSA) is 64.3 Å². The van der Waals surface area contributed by atoms with E-state index in [0.717, 1.165) is 0 Å². The molecule has 0 aliphatic carbocycles. The van der Waals surface area contributed by atoms with Gasteiger partial charge in [0, 0.05) is 6.04 Å². The third-order valence-corrected chi connectivity index (χ3v) is 2.55. The van der Waals surface area contributed by atoms with Gasteiger partial charge in [0.15, 0.2) is 6.61 Å². The number of amides is 1. The van der Waals surface area contributed by atoms with Crippen molar-refractivity contribution in [2.75, 3.05) is 6.61 Å². The number of halogens is 1. The zero-order valence-corrected chi connectivity index (χ0v) is 11.8. The summed E-state index contributed by atoms with van der Waals surface area (Å²) in [5.41, 5.74) is 6.02. The molecular formula is C12H15ClN2O2S. The lowest BCUT2D eigenvalue weighted by molar-refractivity contribution is -0.123. The van der Waals surface area contributed by atoms with E-state index in [1.807, 2.05) is 13.8 Å². The Morgan fingerprint density at radius 1 is 1.56 bits per heavy atom. The predicted octanol–water partition coefficient (Wildman–Crippen LogP) is 1.88. The zero-order chi connectivity index (χ0) is 13.7. The molecule has 0 heterocycles. The minimum Gasteiger partial charge on any atom is -0.483 e. The first-order valence-corrected chi connectivity index (χ1v) is 6.21. The van der Waals surface area contributed by atoms with Crippen molar-refractivity contribution < 1.29 is 9.53 Å². The fraction of sp³-hybridized carbons (Fsp3) is 0.333. The van der Waals surface area contributed by atoms with Crippen LogP contribution in [0.5, 0.6) is 5.75 Å². The highest BCUT2D eigenvalue weighted by atomic mass is 35.5. The molecule has 0 fully saturated rings. The Morgan fingerprint density at radius 2 is 2.22 bits per heavy atom. The molecule has 1 aromatic rings. The summed E-state index contributed by atoms with van der Waals surface area (Å²) in [7, 11) is 0. The van der Waals surface area contributed by atoms with Crippen molar-refractivity contribution in [3.05, 3.63) is 28.8 Å². The van der Waals surface area contributed by atoms with Gasteiger partial charge in [0.25, 0.3) is 5.91 Å². The van der Waals surface area contributed by atoms with Gasteiger partial charge in [0.05, 0.1) is 10.6 Å². The molecular weight excluding hydrogens is 272 g/mol. The quantitative estimate of drug-likeness (QED) is 0.811. The van der Waals surface area contributed by atoms with Gasteiger partial charge in [-0.15, -0.1) is 0 Å². The molecule has 0 bridgehead atoms. The highest BCUT2D eigenvalue weighted by Crippen LogP contribution is 2.26. The van der Waals surface area contributed by atoms with Gasteiger partial charge in [-0.1, -0.05) is 29.9 Å². The maximum absolute atomic E-state index is 11.5. The van der Waals surface area contributed by atoms with E-state index in [9.17, 15) is 4.79 Å². The third kappa shape index (κ3) is 4.16. The number of ether oxygens (including phenoxy) is 1. The maximum atomic E-state index is 11.5. The molecule has 6 heteroatoms. The summed E-state index contributed by atoms with van der Waals surface area (Å²) in [5, 5.41) is 3.12. The molecule has 0 radical (unpaired) electrons. The molecule has 0 aliphatic heterocycles. The van der Waals surface area contributed by atoms with E-state index in [1.54, 1.807) is 18.2 Å². The number of carbonyl (C=O) groups is 1. The Balaban J connectivity index is 2.76. The smallest absolute Gasteiger partial charge is 0.258 e. The number of nitrogens with two attached hydrogens (primary N) is 1. The van der Waals surface area contributed by atoms with Crippen LogP contribution in [0, 0.1) is 0 Å². The van der Waals surface area contributed by atoms with E-state index in [-0.39, 0.29) is 23.5 Å². The molecule has 3 N–H and O–H groups in total. The Kier molecular flexibility index (Phi) is 5.37. The Morgan fingerprint density at radius 3 is 2.78 bits per heavy atom. The number of thiocarbonyl (C=S) groups is 1. The summed E-state index contributed by atoms with van der Waals surface area (Å²) in [6.45, 7) is 3.64. The van der Waals surface area contributed by atoms with Crippen LogP contribution in [0.4, 0.5) is 0 Å². The van der Waals surface area contributed by atoms with Crippen molar-refractivity contribution in [2.24, 2.45) is 5.73 Å². The first-order valence-electron chi connectivity index (χ1n) is 5.42. The van der Waals surface area contributed by atoms with Gasteiger partial charge in [0.1, 0.15) is 10.7 Å². The molecule has 0 spiro atoms. The Labute approximate surface area is 116 Å². The van der Waals surface area contributed by atoms with E-state index in [4.69, 9.17) is 34.3 Å². The summed E-state index contributed by atoms with van der Waals surface area (Å²) in [6.07, 6.45) is 0. The molecule has 0 unspecified atom stereocenters. The molecule has 1 amide bonds. The van der Waals surface area contributed by atoms with Crippen molar-refractivity contribution in [3.8, 4) is 5.75 Å².